The molecule has 17 heavy (non-hydrogen) atoms. The highest BCUT2D eigenvalue weighted by Crippen LogP contribution is 2.28. The first-order valence-corrected chi connectivity index (χ1v) is 5.38. The average molecular weight is 230 g/mol. The highest BCUT2D eigenvalue weighted by Gasteiger charge is 2.18. The lowest BCUT2D eigenvalue weighted by molar-refractivity contribution is 0.0697. The van der Waals surface area contributed by atoms with E-state index in [1.165, 1.54) is 0 Å². The molecule has 0 saturated heterocycles. The Morgan fingerprint density at radius 2 is 1.88 bits per heavy atom. The van der Waals surface area contributed by atoms with Gasteiger partial charge in [0, 0.05) is 0 Å². The summed E-state index contributed by atoms with van der Waals surface area (Å²) < 4.78 is 0. The fraction of sp³-hybridized carbons (Fsp3) is 0.214. The zero-order chi connectivity index (χ0) is 12.6. The van der Waals surface area contributed by atoms with Gasteiger partial charge >= 0.3 is 5.97 Å². The second-order valence-corrected chi connectivity index (χ2v) is 4.61. The smallest absolute Gasteiger partial charge is 0.335 e. The maximum absolute atomic E-state index is 10.9. The minimum atomic E-state index is -0.944. The first-order chi connectivity index (χ1) is 7.89. The summed E-state index contributed by atoms with van der Waals surface area (Å²) in [4.78, 5) is 10.9. The van der Waals surface area contributed by atoms with Crippen molar-refractivity contribution in [1.29, 1.82) is 0 Å². The molecular weight excluding hydrogens is 216 g/mol. The van der Waals surface area contributed by atoms with E-state index in [4.69, 9.17) is 5.11 Å². The Balaban J connectivity index is 2.72. The van der Waals surface area contributed by atoms with E-state index in [2.05, 4.69) is 0 Å². The van der Waals surface area contributed by atoms with Gasteiger partial charge in [0.2, 0.25) is 0 Å². The third-order valence-electron chi connectivity index (χ3n) is 2.79. The van der Waals surface area contributed by atoms with Crippen LogP contribution in [0.1, 0.15) is 29.8 Å². The average Bonchev–Trinajstić information content (AvgIpc) is 2.26. The minimum absolute atomic E-state index is 0.255. The number of aromatic carboxylic acids is 1. The van der Waals surface area contributed by atoms with Crippen molar-refractivity contribution in [3.8, 4) is 0 Å². The number of fused-ring (bicyclic) bond motifs is 1. The van der Waals surface area contributed by atoms with Gasteiger partial charge in [0.25, 0.3) is 0 Å². The van der Waals surface area contributed by atoms with Crippen LogP contribution in [0.25, 0.3) is 10.8 Å². The fourth-order valence-corrected chi connectivity index (χ4v) is 1.95. The largest absolute Gasteiger partial charge is 0.478 e. The molecule has 0 atom stereocenters. The molecule has 0 aliphatic rings. The number of benzene rings is 2. The molecule has 0 radical (unpaired) electrons. The van der Waals surface area contributed by atoms with Gasteiger partial charge in [0.05, 0.1) is 11.2 Å². The van der Waals surface area contributed by atoms with Gasteiger partial charge in [-0.1, -0.05) is 24.3 Å². The standard InChI is InChI=1S/C14H14O3/c1-14(2,17)12-5-3-4-9-8-10(13(15)16)6-7-11(9)12/h3-8,17H,1-2H3,(H,15,16). The summed E-state index contributed by atoms with van der Waals surface area (Å²) in [6.07, 6.45) is 0. The van der Waals surface area contributed by atoms with Crippen LogP contribution in [0.4, 0.5) is 0 Å². The van der Waals surface area contributed by atoms with E-state index in [0.717, 1.165) is 16.3 Å². The molecule has 2 aromatic carbocycles. The van der Waals surface area contributed by atoms with Crippen molar-refractivity contribution in [3.63, 3.8) is 0 Å². The van der Waals surface area contributed by atoms with Crippen molar-refractivity contribution in [2.75, 3.05) is 0 Å². The van der Waals surface area contributed by atoms with Crippen LogP contribution in [-0.2, 0) is 5.60 Å². The lowest BCUT2D eigenvalue weighted by Crippen LogP contribution is -2.15. The lowest BCUT2D eigenvalue weighted by Gasteiger charge is -2.20. The van der Waals surface area contributed by atoms with Crippen LogP contribution in [0.3, 0.4) is 0 Å². The molecule has 2 rings (SSSR count). The SMILES string of the molecule is CC(C)(O)c1cccc2cc(C(=O)O)ccc12. The lowest BCUT2D eigenvalue weighted by atomic mass is 9.92. The van der Waals surface area contributed by atoms with Crippen LogP contribution in [0.2, 0.25) is 0 Å². The number of hydrogen-bond acceptors (Lipinski definition) is 2. The summed E-state index contributed by atoms with van der Waals surface area (Å²) >= 11 is 0. The summed E-state index contributed by atoms with van der Waals surface area (Å²) in [7, 11) is 0. The van der Waals surface area contributed by atoms with Crippen molar-refractivity contribution in [3.05, 3.63) is 47.5 Å². The van der Waals surface area contributed by atoms with E-state index in [-0.39, 0.29) is 5.56 Å². The number of carboxylic acids is 1. The molecule has 0 aromatic heterocycles. The maximum atomic E-state index is 10.9. The van der Waals surface area contributed by atoms with Gasteiger partial charge in [-0.05, 0) is 42.3 Å². The zero-order valence-electron chi connectivity index (χ0n) is 9.77. The van der Waals surface area contributed by atoms with Gasteiger partial charge in [-0.2, -0.15) is 0 Å². The first-order valence-electron chi connectivity index (χ1n) is 5.38. The maximum Gasteiger partial charge on any atom is 0.335 e. The predicted octanol–water partition coefficient (Wildman–Crippen LogP) is 2.77. The highest BCUT2D eigenvalue weighted by atomic mass is 16.4. The van der Waals surface area contributed by atoms with Gasteiger partial charge in [-0.25, -0.2) is 4.79 Å². The van der Waals surface area contributed by atoms with Crippen LogP contribution >= 0.6 is 0 Å². The molecule has 2 aromatic rings. The van der Waals surface area contributed by atoms with Gasteiger partial charge < -0.3 is 10.2 Å². The van der Waals surface area contributed by atoms with Gasteiger partial charge in [-0.3, -0.25) is 0 Å². The molecular formula is C14H14O3. The van der Waals surface area contributed by atoms with Crippen molar-refractivity contribution < 1.29 is 15.0 Å². The third kappa shape index (κ3) is 2.15. The number of rotatable bonds is 2. The second kappa shape index (κ2) is 3.86. The van der Waals surface area contributed by atoms with Crippen molar-refractivity contribution in [2.24, 2.45) is 0 Å². The zero-order valence-corrected chi connectivity index (χ0v) is 9.77. The molecule has 88 valence electrons. The fourth-order valence-electron chi connectivity index (χ4n) is 1.95. The molecule has 0 saturated carbocycles. The third-order valence-corrected chi connectivity index (χ3v) is 2.79. The Morgan fingerprint density at radius 1 is 1.18 bits per heavy atom. The molecule has 0 amide bonds. The Bertz CT molecular complexity index is 580. The van der Waals surface area contributed by atoms with E-state index in [1.54, 1.807) is 32.0 Å². The number of carboxylic acid groups (broad SMARTS) is 1. The summed E-state index contributed by atoms with van der Waals surface area (Å²) in [5.41, 5.74) is 0.113. The van der Waals surface area contributed by atoms with Gasteiger partial charge in [0.1, 0.15) is 0 Å². The Labute approximate surface area is 99.3 Å². The highest BCUT2D eigenvalue weighted by molar-refractivity contribution is 5.95. The summed E-state index contributed by atoms with van der Waals surface area (Å²) in [5, 5.41) is 20.7. The van der Waals surface area contributed by atoms with Crippen LogP contribution in [-0.4, -0.2) is 16.2 Å². The molecule has 0 aliphatic heterocycles. The summed E-state index contributed by atoms with van der Waals surface area (Å²) in [6.45, 7) is 3.43. The second-order valence-electron chi connectivity index (χ2n) is 4.61. The quantitative estimate of drug-likeness (QED) is 0.834. The van der Waals surface area contributed by atoms with Crippen molar-refractivity contribution in [2.45, 2.75) is 19.4 Å². The molecule has 0 spiro atoms. The molecule has 2 N–H and O–H groups in total. The van der Waals surface area contributed by atoms with Crippen molar-refractivity contribution in [1.82, 2.24) is 0 Å². The molecule has 0 unspecified atom stereocenters. The van der Waals surface area contributed by atoms with Crippen LogP contribution in [0.5, 0.6) is 0 Å². The normalized spacial score (nSPS) is 11.7. The van der Waals surface area contributed by atoms with Crippen LogP contribution in [0, 0.1) is 0 Å². The molecule has 0 fully saturated rings. The van der Waals surface area contributed by atoms with E-state index >= 15 is 0 Å². The first kappa shape index (κ1) is 11.6. The minimum Gasteiger partial charge on any atom is -0.478 e. The van der Waals surface area contributed by atoms with Crippen LogP contribution < -0.4 is 0 Å². The van der Waals surface area contributed by atoms with Crippen molar-refractivity contribution >= 4 is 16.7 Å². The predicted molar refractivity (Wildman–Crippen MR) is 66.2 cm³/mol. The number of carbonyl (C=O) groups is 1. The van der Waals surface area contributed by atoms with Crippen LogP contribution in [0.15, 0.2) is 36.4 Å². The van der Waals surface area contributed by atoms with Gasteiger partial charge in [-0.15, -0.1) is 0 Å². The molecule has 3 heteroatoms. The van der Waals surface area contributed by atoms with E-state index < -0.39 is 11.6 Å². The molecule has 0 heterocycles. The van der Waals surface area contributed by atoms with E-state index in [0.29, 0.717) is 0 Å². The Hall–Kier alpha value is -1.87. The van der Waals surface area contributed by atoms with Gasteiger partial charge in [0.15, 0.2) is 0 Å². The Kier molecular flexibility index (Phi) is 2.63. The number of hydrogen-bond donors (Lipinski definition) is 2. The summed E-state index contributed by atoms with van der Waals surface area (Å²) in [5.74, 6) is -0.944. The molecule has 0 bridgehead atoms. The Morgan fingerprint density at radius 3 is 2.47 bits per heavy atom. The molecule has 3 nitrogen and oxygen atoms in total. The van der Waals surface area contributed by atoms with E-state index in [1.807, 2.05) is 18.2 Å². The topological polar surface area (TPSA) is 57.5 Å². The summed E-state index contributed by atoms with van der Waals surface area (Å²) in [6, 6.07) is 10.4. The monoisotopic (exact) mass is 230 g/mol. The molecule has 0 aliphatic carbocycles. The number of aliphatic hydroxyl groups is 1. The van der Waals surface area contributed by atoms with E-state index in [9.17, 15) is 9.90 Å².